The predicted molar refractivity (Wildman–Crippen MR) is 70.3 cm³/mol. The van der Waals surface area contributed by atoms with Gasteiger partial charge in [-0.05, 0) is 36.8 Å². The van der Waals surface area contributed by atoms with E-state index in [0.29, 0.717) is 6.61 Å². The summed E-state index contributed by atoms with van der Waals surface area (Å²) < 4.78 is 0. The molecule has 0 amide bonds. The van der Waals surface area contributed by atoms with Crippen molar-refractivity contribution in [1.82, 2.24) is 4.98 Å². The Bertz CT molecular complexity index is 353. The van der Waals surface area contributed by atoms with E-state index in [1.54, 1.807) is 0 Å². The van der Waals surface area contributed by atoms with Crippen LogP contribution >= 0.6 is 0 Å². The van der Waals surface area contributed by atoms with Crippen molar-refractivity contribution in [3.8, 4) is 0 Å². The van der Waals surface area contributed by atoms with Crippen LogP contribution in [0, 0.1) is 5.41 Å². The molecule has 1 aromatic rings. The topological polar surface area (TPSA) is 36.4 Å². The fourth-order valence-corrected chi connectivity index (χ4v) is 2.28. The Morgan fingerprint density at radius 3 is 2.53 bits per heavy atom. The van der Waals surface area contributed by atoms with E-state index in [0.717, 1.165) is 38.0 Å². The van der Waals surface area contributed by atoms with Crippen molar-refractivity contribution in [3.63, 3.8) is 0 Å². The van der Waals surface area contributed by atoms with Gasteiger partial charge in [-0.15, -0.1) is 0 Å². The van der Waals surface area contributed by atoms with Crippen LogP contribution in [0.5, 0.6) is 0 Å². The Balaban J connectivity index is 2.00. The number of hydrogen-bond acceptors (Lipinski definition) is 3. The summed E-state index contributed by atoms with van der Waals surface area (Å²) in [6, 6.07) is 4.27. The molecule has 0 saturated carbocycles. The number of aryl methyl sites for hydroxylation is 1. The van der Waals surface area contributed by atoms with Crippen LogP contribution in [0.1, 0.15) is 32.4 Å². The Labute approximate surface area is 103 Å². The van der Waals surface area contributed by atoms with Crippen LogP contribution in [0.25, 0.3) is 0 Å². The van der Waals surface area contributed by atoms with Crippen LogP contribution in [-0.2, 0) is 6.42 Å². The Morgan fingerprint density at radius 2 is 2.06 bits per heavy atom. The minimum Gasteiger partial charge on any atom is -0.396 e. The van der Waals surface area contributed by atoms with Gasteiger partial charge in [0.25, 0.3) is 0 Å². The highest BCUT2D eigenvalue weighted by molar-refractivity contribution is 5.45. The van der Waals surface area contributed by atoms with Crippen LogP contribution < -0.4 is 4.90 Å². The smallest absolute Gasteiger partial charge is 0.0552 e. The zero-order chi connectivity index (χ0) is 12.3. The van der Waals surface area contributed by atoms with E-state index in [2.05, 4.69) is 35.9 Å². The van der Waals surface area contributed by atoms with Crippen LogP contribution in [0.2, 0.25) is 0 Å². The highest BCUT2D eigenvalue weighted by atomic mass is 16.3. The first kappa shape index (κ1) is 12.4. The standard InChI is InChI=1S/C14H22N2O/c1-3-12-4-5-13(10-15-12)16-8-6-14(2,11-17)7-9-16/h4-5,10,17H,3,6-9,11H2,1-2H3. The van der Waals surface area contributed by atoms with Gasteiger partial charge in [-0.2, -0.15) is 0 Å². The van der Waals surface area contributed by atoms with Crippen molar-refractivity contribution in [2.24, 2.45) is 5.41 Å². The molecule has 0 aliphatic carbocycles. The molecule has 1 aliphatic heterocycles. The fourth-order valence-electron chi connectivity index (χ4n) is 2.28. The molecule has 1 saturated heterocycles. The molecular formula is C14H22N2O. The molecular weight excluding hydrogens is 212 g/mol. The van der Waals surface area contributed by atoms with Crippen LogP contribution in [0.4, 0.5) is 5.69 Å². The normalized spacial score (nSPS) is 19.4. The van der Waals surface area contributed by atoms with Gasteiger partial charge in [-0.25, -0.2) is 0 Å². The van der Waals surface area contributed by atoms with Crippen molar-refractivity contribution in [3.05, 3.63) is 24.0 Å². The van der Waals surface area contributed by atoms with Gasteiger partial charge >= 0.3 is 0 Å². The van der Waals surface area contributed by atoms with Gasteiger partial charge in [0.1, 0.15) is 0 Å². The van der Waals surface area contributed by atoms with Crippen molar-refractivity contribution in [1.29, 1.82) is 0 Å². The Kier molecular flexibility index (Phi) is 3.67. The molecule has 17 heavy (non-hydrogen) atoms. The van der Waals surface area contributed by atoms with Crippen LogP contribution in [0.3, 0.4) is 0 Å². The molecule has 94 valence electrons. The molecule has 1 aromatic heterocycles. The lowest BCUT2D eigenvalue weighted by atomic mass is 9.81. The first-order valence-electron chi connectivity index (χ1n) is 6.47. The molecule has 0 unspecified atom stereocenters. The molecule has 3 nitrogen and oxygen atoms in total. The predicted octanol–water partition coefficient (Wildman–Crippen LogP) is 2.24. The first-order chi connectivity index (χ1) is 8.17. The summed E-state index contributed by atoms with van der Waals surface area (Å²) in [5.74, 6) is 0. The van der Waals surface area contributed by atoms with Crippen molar-refractivity contribution < 1.29 is 5.11 Å². The van der Waals surface area contributed by atoms with Crippen molar-refractivity contribution in [2.75, 3.05) is 24.6 Å². The van der Waals surface area contributed by atoms with Gasteiger partial charge in [0.05, 0.1) is 11.9 Å². The lowest BCUT2D eigenvalue weighted by Crippen LogP contribution is -2.40. The quantitative estimate of drug-likeness (QED) is 0.871. The van der Waals surface area contributed by atoms with E-state index < -0.39 is 0 Å². The van der Waals surface area contributed by atoms with E-state index in [1.165, 1.54) is 5.69 Å². The Morgan fingerprint density at radius 1 is 1.35 bits per heavy atom. The summed E-state index contributed by atoms with van der Waals surface area (Å²) in [4.78, 5) is 6.80. The summed E-state index contributed by atoms with van der Waals surface area (Å²) in [6.07, 6.45) is 5.07. The molecule has 1 fully saturated rings. The number of rotatable bonds is 3. The SMILES string of the molecule is CCc1ccc(N2CCC(C)(CO)CC2)cn1. The fraction of sp³-hybridized carbons (Fsp3) is 0.643. The summed E-state index contributed by atoms with van der Waals surface area (Å²) in [5.41, 5.74) is 2.47. The summed E-state index contributed by atoms with van der Waals surface area (Å²) >= 11 is 0. The number of aliphatic hydroxyl groups excluding tert-OH is 1. The van der Waals surface area contributed by atoms with E-state index in [-0.39, 0.29) is 5.41 Å². The summed E-state index contributed by atoms with van der Waals surface area (Å²) in [7, 11) is 0. The minimum atomic E-state index is 0.118. The lowest BCUT2D eigenvalue weighted by Gasteiger charge is -2.39. The van der Waals surface area contributed by atoms with E-state index >= 15 is 0 Å². The molecule has 0 radical (unpaired) electrons. The van der Waals surface area contributed by atoms with Crippen LogP contribution in [0.15, 0.2) is 18.3 Å². The molecule has 0 atom stereocenters. The largest absolute Gasteiger partial charge is 0.396 e. The second-order valence-electron chi connectivity index (χ2n) is 5.32. The molecule has 0 spiro atoms. The zero-order valence-corrected chi connectivity index (χ0v) is 10.8. The number of piperidine rings is 1. The van der Waals surface area contributed by atoms with Gasteiger partial charge in [-0.1, -0.05) is 13.8 Å². The van der Waals surface area contributed by atoms with E-state index in [1.807, 2.05) is 6.20 Å². The molecule has 1 aliphatic rings. The first-order valence-corrected chi connectivity index (χ1v) is 6.47. The monoisotopic (exact) mass is 234 g/mol. The lowest BCUT2D eigenvalue weighted by molar-refractivity contribution is 0.115. The van der Waals surface area contributed by atoms with Gasteiger partial charge in [-0.3, -0.25) is 4.98 Å². The number of nitrogens with zero attached hydrogens (tertiary/aromatic N) is 2. The van der Waals surface area contributed by atoms with Crippen molar-refractivity contribution >= 4 is 5.69 Å². The van der Waals surface area contributed by atoms with Gasteiger partial charge in [0.15, 0.2) is 0 Å². The number of aliphatic hydroxyl groups is 1. The second kappa shape index (κ2) is 5.05. The molecule has 2 heterocycles. The second-order valence-corrected chi connectivity index (χ2v) is 5.32. The maximum Gasteiger partial charge on any atom is 0.0552 e. The number of anilines is 1. The van der Waals surface area contributed by atoms with E-state index in [4.69, 9.17) is 0 Å². The molecule has 0 bridgehead atoms. The van der Waals surface area contributed by atoms with E-state index in [9.17, 15) is 5.11 Å². The number of hydrogen-bond donors (Lipinski definition) is 1. The number of aromatic nitrogens is 1. The zero-order valence-electron chi connectivity index (χ0n) is 10.8. The Hall–Kier alpha value is -1.09. The molecule has 1 N–H and O–H groups in total. The summed E-state index contributed by atoms with van der Waals surface area (Å²) in [5, 5.41) is 9.34. The number of pyridine rings is 1. The maximum absolute atomic E-state index is 9.34. The summed E-state index contributed by atoms with van der Waals surface area (Å²) in [6.45, 7) is 6.63. The van der Waals surface area contributed by atoms with Crippen molar-refractivity contribution in [2.45, 2.75) is 33.1 Å². The van der Waals surface area contributed by atoms with Gasteiger partial charge in [0, 0.05) is 25.4 Å². The molecule has 0 aromatic carbocycles. The van der Waals surface area contributed by atoms with Gasteiger partial charge < -0.3 is 10.0 Å². The minimum absolute atomic E-state index is 0.118. The van der Waals surface area contributed by atoms with Gasteiger partial charge in [0.2, 0.25) is 0 Å². The van der Waals surface area contributed by atoms with Crippen LogP contribution in [-0.4, -0.2) is 29.8 Å². The highest BCUT2D eigenvalue weighted by Crippen LogP contribution is 2.32. The third-order valence-electron chi connectivity index (χ3n) is 3.89. The average molecular weight is 234 g/mol. The third-order valence-corrected chi connectivity index (χ3v) is 3.89. The highest BCUT2D eigenvalue weighted by Gasteiger charge is 2.29. The molecule has 2 rings (SSSR count). The average Bonchev–Trinajstić information content (AvgIpc) is 2.40. The maximum atomic E-state index is 9.34. The third kappa shape index (κ3) is 2.78. The molecule has 3 heteroatoms.